The van der Waals surface area contributed by atoms with Gasteiger partial charge in [-0.25, -0.2) is 9.07 Å². The highest BCUT2D eigenvalue weighted by Gasteiger charge is 2.29. The van der Waals surface area contributed by atoms with Crippen molar-refractivity contribution in [3.8, 4) is 6.07 Å². The van der Waals surface area contributed by atoms with E-state index in [4.69, 9.17) is 23.2 Å². The molecule has 5 aromatic rings. The molecule has 0 bridgehead atoms. The van der Waals surface area contributed by atoms with Crippen LogP contribution in [0.2, 0.25) is 10.0 Å². The normalized spacial score (nSPS) is 15.1. The number of likely N-dealkylation sites (tertiary alicyclic amines) is 1. The molecule has 1 fully saturated rings. The number of benzene rings is 3. The zero-order valence-electron chi connectivity index (χ0n) is 25.2. The fourth-order valence-corrected chi connectivity index (χ4v) is 6.28. The summed E-state index contributed by atoms with van der Waals surface area (Å²) in [7, 11) is 0. The summed E-state index contributed by atoms with van der Waals surface area (Å²) in [4.78, 5) is 6.94. The predicted octanol–water partition coefficient (Wildman–Crippen LogP) is 8.52. The van der Waals surface area contributed by atoms with E-state index in [1.165, 1.54) is 12.3 Å². The van der Waals surface area contributed by atoms with Crippen LogP contribution in [0.4, 0.5) is 21.5 Å². The highest BCUT2D eigenvalue weighted by Crippen LogP contribution is 2.38. The van der Waals surface area contributed by atoms with Crippen molar-refractivity contribution in [3.63, 3.8) is 0 Å². The molecular formula is C34H33Cl2FN8. The second-order valence-corrected chi connectivity index (χ2v) is 13.1. The number of piperidine rings is 1. The van der Waals surface area contributed by atoms with Crippen molar-refractivity contribution < 1.29 is 4.39 Å². The number of hydrogen-bond donors (Lipinski definition) is 2. The molecule has 11 heteroatoms. The van der Waals surface area contributed by atoms with Crippen molar-refractivity contribution in [2.45, 2.75) is 51.2 Å². The van der Waals surface area contributed by atoms with Gasteiger partial charge in [0.15, 0.2) is 5.82 Å². The van der Waals surface area contributed by atoms with Crippen LogP contribution in [0.25, 0.3) is 10.9 Å². The van der Waals surface area contributed by atoms with E-state index in [2.05, 4.69) is 57.7 Å². The van der Waals surface area contributed by atoms with E-state index in [-0.39, 0.29) is 33.9 Å². The lowest BCUT2D eigenvalue weighted by Gasteiger charge is -2.40. The third kappa shape index (κ3) is 6.45. The van der Waals surface area contributed by atoms with Gasteiger partial charge in [-0.15, -0.1) is 5.10 Å². The first-order valence-electron chi connectivity index (χ1n) is 14.8. The first-order chi connectivity index (χ1) is 21.6. The van der Waals surface area contributed by atoms with Gasteiger partial charge in [-0.2, -0.15) is 5.26 Å². The Bertz CT molecular complexity index is 1870. The number of rotatable bonds is 7. The third-order valence-electron chi connectivity index (χ3n) is 8.31. The largest absolute Gasteiger partial charge is 0.373 e. The second-order valence-electron chi connectivity index (χ2n) is 12.2. The summed E-state index contributed by atoms with van der Waals surface area (Å²) in [5, 5.41) is 26.6. The number of anilines is 3. The topological polar surface area (TPSA) is 94.7 Å². The summed E-state index contributed by atoms with van der Waals surface area (Å²) >= 11 is 12.8. The molecule has 230 valence electrons. The van der Waals surface area contributed by atoms with Crippen molar-refractivity contribution in [1.82, 2.24) is 24.9 Å². The van der Waals surface area contributed by atoms with Gasteiger partial charge < -0.3 is 10.6 Å². The first kappa shape index (κ1) is 30.8. The number of aromatic nitrogens is 4. The summed E-state index contributed by atoms with van der Waals surface area (Å²) in [5.74, 6) is -0.621. The lowest BCUT2D eigenvalue weighted by atomic mass is 9.98. The molecule has 0 amide bonds. The van der Waals surface area contributed by atoms with E-state index in [1.54, 1.807) is 18.2 Å². The molecule has 6 rings (SSSR count). The van der Waals surface area contributed by atoms with Crippen molar-refractivity contribution in [2.75, 3.05) is 23.7 Å². The molecule has 3 aromatic carbocycles. The van der Waals surface area contributed by atoms with Crippen LogP contribution in [0.1, 0.15) is 62.5 Å². The molecule has 2 aromatic heterocycles. The van der Waals surface area contributed by atoms with Crippen LogP contribution in [-0.2, 0) is 0 Å². The predicted molar refractivity (Wildman–Crippen MR) is 178 cm³/mol. The van der Waals surface area contributed by atoms with Gasteiger partial charge in [-0.1, -0.05) is 64.8 Å². The van der Waals surface area contributed by atoms with Crippen molar-refractivity contribution in [1.29, 1.82) is 5.26 Å². The molecule has 0 radical (unpaired) electrons. The lowest BCUT2D eigenvalue weighted by Crippen LogP contribution is -2.46. The smallest absolute Gasteiger partial charge is 0.165 e. The minimum absolute atomic E-state index is 0.0317. The molecule has 45 heavy (non-hydrogen) atoms. The van der Waals surface area contributed by atoms with Gasteiger partial charge in [0.1, 0.15) is 11.8 Å². The summed E-state index contributed by atoms with van der Waals surface area (Å²) in [6.45, 7) is 8.77. The molecule has 1 saturated heterocycles. The summed E-state index contributed by atoms with van der Waals surface area (Å²) in [5.41, 5.74) is 3.77. The second kappa shape index (κ2) is 12.6. The number of nitrogens with zero attached hydrogens (tertiary/aromatic N) is 6. The zero-order valence-corrected chi connectivity index (χ0v) is 26.7. The van der Waals surface area contributed by atoms with E-state index < -0.39 is 5.82 Å². The number of pyridine rings is 1. The van der Waals surface area contributed by atoms with Crippen LogP contribution >= 0.6 is 23.2 Å². The SMILES string of the molecule is CC(C)(C)N1CCC(n2cc([C@@H](Nc3cc(Cl)c4ncc(C#N)c(Nc5cccc(Cl)c5F)c4c3)c3ccccc3)nn2)CC1. The summed E-state index contributed by atoms with van der Waals surface area (Å²) in [6.07, 6.45) is 5.44. The van der Waals surface area contributed by atoms with Gasteiger partial charge >= 0.3 is 0 Å². The Morgan fingerprint density at radius 1 is 1.02 bits per heavy atom. The van der Waals surface area contributed by atoms with Gasteiger partial charge in [0.2, 0.25) is 0 Å². The van der Waals surface area contributed by atoms with Crippen molar-refractivity contribution in [2.24, 2.45) is 0 Å². The fourth-order valence-electron chi connectivity index (χ4n) is 5.84. The summed E-state index contributed by atoms with van der Waals surface area (Å²) in [6, 6.07) is 20.4. The third-order valence-corrected chi connectivity index (χ3v) is 8.89. The molecule has 0 unspecified atom stereocenters. The maximum absolute atomic E-state index is 14.9. The maximum Gasteiger partial charge on any atom is 0.165 e. The molecule has 1 aliphatic rings. The van der Waals surface area contributed by atoms with E-state index in [0.29, 0.717) is 27.3 Å². The van der Waals surface area contributed by atoms with E-state index in [0.717, 1.165) is 37.2 Å². The molecule has 2 N–H and O–H groups in total. The van der Waals surface area contributed by atoms with Crippen molar-refractivity contribution in [3.05, 3.63) is 106 Å². The van der Waals surface area contributed by atoms with Crippen molar-refractivity contribution >= 4 is 51.2 Å². The average molecular weight is 644 g/mol. The van der Waals surface area contributed by atoms with Gasteiger partial charge in [0, 0.05) is 35.9 Å². The number of nitrogens with one attached hydrogen (secondary N) is 2. The first-order valence-corrected chi connectivity index (χ1v) is 15.6. The van der Waals surface area contributed by atoms with Crippen LogP contribution in [0, 0.1) is 17.1 Å². The van der Waals surface area contributed by atoms with Crippen LogP contribution in [-0.4, -0.2) is 43.5 Å². The minimum Gasteiger partial charge on any atom is -0.373 e. The zero-order chi connectivity index (χ0) is 31.7. The molecule has 1 aliphatic heterocycles. The molecular weight excluding hydrogens is 610 g/mol. The Morgan fingerprint density at radius 2 is 1.78 bits per heavy atom. The Labute approximate surface area is 271 Å². The van der Waals surface area contributed by atoms with Crippen LogP contribution in [0.5, 0.6) is 0 Å². The molecule has 0 saturated carbocycles. The number of halogens is 3. The molecule has 8 nitrogen and oxygen atoms in total. The fraction of sp³-hybridized carbons (Fsp3) is 0.294. The standard InChI is InChI=1S/C34H33Cl2FN8/c1-34(2,3)44-14-12-24(13-15-44)45-20-29(42-43-45)32(21-8-5-4-6-9-21)40-23-16-25-31(41-28-11-7-10-26(35)30(28)37)22(18-38)19-39-33(25)27(36)17-23/h4-11,16-17,19-20,24,32,40H,12-15H2,1-3H3,(H,39,41)/t32-/m0/s1. The highest BCUT2D eigenvalue weighted by atomic mass is 35.5. The van der Waals surface area contributed by atoms with E-state index in [1.807, 2.05) is 47.3 Å². The summed E-state index contributed by atoms with van der Waals surface area (Å²) < 4.78 is 16.9. The Morgan fingerprint density at radius 3 is 2.49 bits per heavy atom. The average Bonchev–Trinajstić information content (AvgIpc) is 3.52. The van der Waals surface area contributed by atoms with Gasteiger partial charge in [0.05, 0.1) is 50.8 Å². The van der Waals surface area contributed by atoms with E-state index in [9.17, 15) is 9.65 Å². The highest BCUT2D eigenvalue weighted by molar-refractivity contribution is 6.36. The van der Waals surface area contributed by atoms with Gasteiger partial charge in [-0.05, 0) is 63.4 Å². The Balaban J connectivity index is 1.36. The number of hydrogen-bond acceptors (Lipinski definition) is 7. The monoisotopic (exact) mass is 642 g/mol. The molecule has 0 aliphatic carbocycles. The van der Waals surface area contributed by atoms with Crippen LogP contribution in [0.3, 0.4) is 0 Å². The van der Waals surface area contributed by atoms with Crippen LogP contribution < -0.4 is 10.6 Å². The maximum atomic E-state index is 14.9. The quantitative estimate of drug-likeness (QED) is 0.184. The molecule has 1 atom stereocenters. The number of fused-ring (bicyclic) bond motifs is 1. The minimum atomic E-state index is -0.621. The van der Waals surface area contributed by atoms with E-state index >= 15 is 0 Å². The van der Waals surface area contributed by atoms with Crippen LogP contribution in [0.15, 0.2) is 73.1 Å². The molecule has 3 heterocycles. The van der Waals surface area contributed by atoms with Gasteiger partial charge in [-0.3, -0.25) is 9.88 Å². The lowest BCUT2D eigenvalue weighted by molar-refractivity contribution is 0.0866. The van der Waals surface area contributed by atoms with Gasteiger partial charge in [0.25, 0.3) is 0 Å². The molecule has 0 spiro atoms. The Hall–Kier alpha value is -4.23. The Kier molecular flexibility index (Phi) is 8.65. The number of nitriles is 1.